The van der Waals surface area contributed by atoms with Crippen molar-refractivity contribution < 1.29 is 9.53 Å². The van der Waals surface area contributed by atoms with Crippen LogP contribution >= 0.6 is 0 Å². The normalized spacial score (nSPS) is 10.7. The Balaban J connectivity index is 1.89. The van der Waals surface area contributed by atoms with Gasteiger partial charge in [0, 0.05) is 23.2 Å². The van der Waals surface area contributed by atoms with Crippen LogP contribution in [0.5, 0.6) is 5.75 Å². The van der Waals surface area contributed by atoms with E-state index in [9.17, 15) is 9.59 Å². The number of aryl methyl sites for hydroxylation is 1. The smallest absolute Gasteiger partial charge is 0.254 e. The number of benzene rings is 2. The van der Waals surface area contributed by atoms with E-state index >= 15 is 0 Å². The number of amides is 1. The number of ether oxygens (including phenoxy) is 1. The summed E-state index contributed by atoms with van der Waals surface area (Å²) in [5.74, 6) is 0.588. The molecule has 3 aromatic rings. The number of hydrogen-bond donors (Lipinski definition) is 1. The minimum Gasteiger partial charge on any atom is -0.497 e. The number of pyridine rings is 1. The van der Waals surface area contributed by atoms with E-state index in [1.54, 1.807) is 36.3 Å². The first-order chi connectivity index (χ1) is 12.5. The molecule has 134 valence electrons. The maximum Gasteiger partial charge on any atom is 0.254 e. The van der Waals surface area contributed by atoms with Gasteiger partial charge in [-0.1, -0.05) is 11.6 Å². The minimum atomic E-state index is -0.165. The molecule has 0 unspecified atom stereocenters. The Morgan fingerprint density at radius 2 is 1.85 bits per heavy atom. The molecule has 0 bridgehead atoms. The van der Waals surface area contributed by atoms with Crippen molar-refractivity contribution in [2.45, 2.75) is 20.4 Å². The zero-order valence-electron chi connectivity index (χ0n) is 15.2. The number of aromatic amines is 1. The summed E-state index contributed by atoms with van der Waals surface area (Å²) in [6, 6.07) is 14.7. The van der Waals surface area contributed by atoms with Gasteiger partial charge in [0.25, 0.3) is 11.5 Å². The lowest BCUT2D eigenvalue weighted by Gasteiger charge is -2.21. The fraction of sp³-hybridized carbons (Fsp3) is 0.238. The van der Waals surface area contributed by atoms with Gasteiger partial charge in [-0.25, -0.2) is 0 Å². The van der Waals surface area contributed by atoms with Gasteiger partial charge in [0.05, 0.1) is 13.7 Å². The molecule has 1 aromatic heterocycles. The summed E-state index contributed by atoms with van der Waals surface area (Å²) >= 11 is 0. The third-order valence-electron chi connectivity index (χ3n) is 4.44. The van der Waals surface area contributed by atoms with Crippen molar-refractivity contribution in [1.29, 1.82) is 0 Å². The summed E-state index contributed by atoms with van der Waals surface area (Å²) in [7, 11) is 1.59. The summed E-state index contributed by atoms with van der Waals surface area (Å²) in [5, 5.41) is 0.965. The molecule has 0 fully saturated rings. The number of hydrogen-bond acceptors (Lipinski definition) is 3. The number of aromatic nitrogens is 1. The molecule has 26 heavy (non-hydrogen) atoms. The van der Waals surface area contributed by atoms with Crippen molar-refractivity contribution in [2.24, 2.45) is 0 Å². The third-order valence-corrected chi connectivity index (χ3v) is 4.44. The predicted octanol–water partition coefficient (Wildman–Crippen LogP) is 3.51. The van der Waals surface area contributed by atoms with Crippen LogP contribution < -0.4 is 10.3 Å². The van der Waals surface area contributed by atoms with Crippen LogP contribution in [-0.4, -0.2) is 29.4 Å². The Morgan fingerprint density at radius 1 is 1.12 bits per heavy atom. The third kappa shape index (κ3) is 3.61. The van der Waals surface area contributed by atoms with Crippen LogP contribution in [0, 0.1) is 6.92 Å². The first-order valence-electron chi connectivity index (χ1n) is 8.57. The monoisotopic (exact) mass is 350 g/mol. The molecule has 1 amide bonds. The van der Waals surface area contributed by atoms with Gasteiger partial charge in [0.1, 0.15) is 5.75 Å². The average Bonchev–Trinajstić information content (AvgIpc) is 2.66. The zero-order valence-corrected chi connectivity index (χ0v) is 15.2. The molecular formula is C21H22N2O3. The van der Waals surface area contributed by atoms with Crippen molar-refractivity contribution in [1.82, 2.24) is 9.88 Å². The lowest BCUT2D eigenvalue weighted by atomic mass is 10.1. The summed E-state index contributed by atoms with van der Waals surface area (Å²) < 4.78 is 5.13. The van der Waals surface area contributed by atoms with E-state index in [-0.39, 0.29) is 18.0 Å². The van der Waals surface area contributed by atoms with E-state index in [0.29, 0.717) is 23.4 Å². The van der Waals surface area contributed by atoms with Crippen molar-refractivity contribution in [3.8, 4) is 5.75 Å². The topological polar surface area (TPSA) is 62.4 Å². The number of nitrogens with one attached hydrogen (secondary N) is 1. The highest BCUT2D eigenvalue weighted by atomic mass is 16.5. The van der Waals surface area contributed by atoms with Gasteiger partial charge < -0.3 is 14.6 Å². The quantitative estimate of drug-likeness (QED) is 0.766. The van der Waals surface area contributed by atoms with E-state index in [1.165, 1.54) is 0 Å². The molecule has 1 heterocycles. The standard InChI is InChI=1S/C21H22N2O3/c1-4-23(21(25)15-6-8-18(26-3)9-7-15)13-17-12-16-11-14(2)5-10-19(16)22-20(17)24/h5-12H,4,13H2,1-3H3,(H,22,24). The van der Waals surface area contributed by atoms with Gasteiger partial charge in [-0.2, -0.15) is 0 Å². The van der Waals surface area contributed by atoms with Crippen LogP contribution in [0.25, 0.3) is 10.9 Å². The molecule has 0 atom stereocenters. The predicted molar refractivity (Wildman–Crippen MR) is 103 cm³/mol. The van der Waals surface area contributed by atoms with Gasteiger partial charge in [-0.3, -0.25) is 9.59 Å². The van der Waals surface area contributed by atoms with Crippen LogP contribution in [0.3, 0.4) is 0 Å². The van der Waals surface area contributed by atoms with Crippen LogP contribution in [0.15, 0.2) is 53.3 Å². The second-order valence-electron chi connectivity index (χ2n) is 6.26. The van der Waals surface area contributed by atoms with E-state index in [2.05, 4.69) is 4.98 Å². The molecule has 0 saturated heterocycles. The van der Waals surface area contributed by atoms with E-state index < -0.39 is 0 Å². The lowest BCUT2D eigenvalue weighted by molar-refractivity contribution is 0.0752. The van der Waals surface area contributed by atoms with Crippen molar-refractivity contribution in [2.75, 3.05) is 13.7 Å². The van der Waals surface area contributed by atoms with Gasteiger partial charge in [-0.15, -0.1) is 0 Å². The Bertz CT molecular complexity index is 990. The van der Waals surface area contributed by atoms with E-state index in [0.717, 1.165) is 16.5 Å². The number of fused-ring (bicyclic) bond motifs is 1. The van der Waals surface area contributed by atoms with E-state index in [4.69, 9.17) is 4.74 Å². The van der Waals surface area contributed by atoms with Gasteiger partial charge >= 0.3 is 0 Å². The highest BCUT2D eigenvalue weighted by Gasteiger charge is 2.16. The fourth-order valence-corrected chi connectivity index (χ4v) is 2.94. The second kappa shape index (κ2) is 7.44. The van der Waals surface area contributed by atoms with Crippen LogP contribution in [-0.2, 0) is 6.54 Å². The lowest BCUT2D eigenvalue weighted by Crippen LogP contribution is -2.32. The van der Waals surface area contributed by atoms with E-state index in [1.807, 2.05) is 38.1 Å². The van der Waals surface area contributed by atoms with Crippen molar-refractivity contribution >= 4 is 16.8 Å². The van der Waals surface area contributed by atoms with Gasteiger partial charge in [-0.05, 0) is 61.7 Å². The number of carbonyl (C=O) groups is 1. The first-order valence-corrected chi connectivity index (χ1v) is 8.57. The van der Waals surface area contributed by atoms with Gasteiger partial charge in [0.2, 0.25) is 0 Å². The first kappa shape index (κ1) is 17.7. The summed E-state index contributed by atoms with van der Waals surface area (Å²) in [6.07, 6.45) is 0. The summed E-state index contributed by atoms with van der Waals surface area (Å²) in [6.45, 7) is 4.69. The van der Waals surface area contributed by atoms with Gasteiger partial charge in [0.15, 0.2) is 0 Å². The number of carbonyl (C=O) groups excluding carboxylic acids is 1. The molecule has 0 radical (unpaired) electrons. The molecule has 0 aliphatic carbocycles. The number of H-pyrrole nitrogens is 1. The Labute approximate surface area is 152 Å². The molecule has 0 spiro atoms. The average molecular weight is 350 g/mol. The fourth-order valence-electron chi connectivity index (χ4n) is 2.94. The maximum atomic E-state index is 12.8. The second-order valence-corrected chi connectivity index (χ2v) is 6.26. The molecule has 2 aromatic carbocycles. The summed E-state index contributed by atoms with van der Waals surface area (Å²) in [5.41, 5.74) is 2.90. The number of nitrogens with zero attached hydrogens (tertiary/aromatic N) is 1. The maximum absolute atomic E-state index is 12.8. The number of methoxy groups -OCH3 is 1. The Kier molecular flexibility index (Phi) is 5.07. The highest BCUT2D eigenvalue weighted by Crippen LogP contribution is 2.16. The SMILES string of the molecule is CCN(Cc1cc2cc(C)ccc2[nH]c1=O)C(=O)c1ccc(OC)cc1. The minimum absolute atomic E-state index is 0.112. The van der Waals surface area contributed by atoms with Crippen LogP contribution in [0.1, 0.15) is 28.4 Å². The highest BCUT2D eigenvalue weighted by molar-refractivity contribution is 5.94. The van der Waals surface area contributed by atoms with Crippen molar-refractivity contribution in [3.63, 3.8) is 0 Å². The largest absolute Gasteiger partial charge is 0.497 e. The molecule has 0 saturated carbocycles. The zero-order chi connectivity index (χ0) is 18.7. The molecule has 3 rings (SSSR count). The van der Waals surface area contributed by atoms with Crippen LogP contribution in [0.2, 0.25) is 0 Å². The Morgan fingerprint density at radius 3 is 2.50 bits per heavy atom. The molecule has 0 aliphatic rings. The summed E-state index contributed by atoms with van der Waals surface area (Å²) in [4.78, 5) is 29.7. The number of rotatable bonds is 5. The van der Waals surface area contributed by atoms with Crippen LogP contribution in [0.4, 0.5) is 0 Å². The Hall–Kier alpha value is -3.08. The molecule has 1 N–H and O–H groups in total. The molecule has 5 nitrogen and oxygen atoms in total. The molecule has 0 aliphatic heterocycles. The molecular weight excluding hydrogens is 328 g/mol. The molecule has 5 heteroatoms. The van der Waals surface area contributed by atoms with Crippen molar-refractivity contribution in [3.05, 3.63) is 75.6 Å².